The van der Waals surface area contributed by atoms with Crippen molar-refractivity contribution in [3.63, 3.8) is 0 Å². The number of carbonyl (C=O) groups excluding carboxylic acids is 1. The summed E-state index contributed by atoms with van der Waals surface area (Å²) >= 11 is 0. The van der Waals surface area contributed by atoms with E-state index in [-0.39, 0.29) is 11.4 Å². The van der Waals surface area contributed by atoms with Gasteiger partial charge in [-0.1, -0.05) is 17.2 Å². The Kier molecular flexibility index (Phi) is 2.54. The summed E-state index contributed by atoms with van der Waals surface area (Å²) in [5.41, 5.74) is 9.32. The molecule has 1 aromatic rings. The molecule has 5 nitrogen and oxygen atoms in total. The minimum absolute atomic E-state index is 0.0133. The fraction of sp³-hybridized carbons (Fsp3) is 0.364. The lowest BCUT2D eigenvalue weighted by Crippen LogP contribution is -2.34. The number of rotatable bonds is 3. The molecule has 16 heavy (non-hydrogen) atoms. The first kappa shape index (κ1) is 10.5. The lowest BCUT2D eigenvalue weighted by Gasteiger charge is -2.11. The molecule has 0 aliphatic heterocycles. The Balaban J connectivity index is 2.08. The average molecular weight is 216 g/mol. The number of nitrogens with zero attached hydrogens (tertiary/aromatic N) is 3. The van der Waals surface area contributed by atoms with Crippen molar-refractivity contribution in [2.75, 3.05) is 0 Å². The second kappa shape index (κ2) is 3.87. The molecule has 1 N–H and O–H groups in total. The first-order valence-corrected chi connectivity index (χ1v) is 5.11. The molecule has 1 saturated carbocycles. The van der Waals surface area contributed by atoms with E-state index in [0.29, 0.717) is 11.3 Å². The van der Waals surface area contributed by atoms with Crippen LogP contribution in [0.1, 0.15) is 30.1 Å². The Morgan fingerprint density at radius 3 is 2.56 bits per heavy atom. The van der Waals surface area contributed by atoms with Crippen LogP contribution in [0.4, 0.5) is 5.69 Å². The number of hydrogen-bond acceptors (Lipinski definition) is 2. The third kappa shape index (κ3) is 2.32. The predicted molar refractivity (Wildman–Crippen MR) is 60.4 cm³/mol. The van der Waals surface area contributed by atoms with Gasteiger partial charge in [-0.2, -0.15) is 0 Å². The summed E-state index contributed by atoms with van der Waals surface area (Å²) < 4.78 is 0. The van der Waals surface area contributed by atoms with Gasteiger partial charge >= 0.3 is 0 Å². The molecule has 0 spiro atoms. The molecule has 0 atom stereocenters. The number of hydrogen-bond donors (Lipinski definition) is 1. The van der Waals surface area contributed by atoms with E-state index in [4.69, 9.17) is 5.53 Å². The zero-order valence-electron chi connectivity index (χ0n) is 8.97. The van der Waals surface area contributed by atoms with Crippen molar-refractivity contribution in [2.45, 2.75) is 25.3 Å². The van der Waals surface area contributed by atoms with Gasteiger partial charge in [0.1, 0.15) is 0 Å². The quantitative estimate of drug-likeness (QED) is 0.470. The standard InChI is InChI=1S/C11H12N4O/c1-11(6-7-11)13-10(16)8-2-4-9(5-3-8)14-15-12/h2-5H,6-7H2,1H3,(H,13,16). The number of nitrogens with one attached hydrogen (secondary N) is 1. The van der Waals surface area contributed by atoms with Crippen molar-refractivity contribution in [1.29, 1.82) is 0 Å². The van der Waals surface area contributed by atoms with Gasteiger partial charge in [0.25, 0.3) is 5.91 Å². The summed E-state index contributed by atoms with van der Waals surface area (Å²) in [5.74, 6) is -0.0764. The summed E-state index contributed by atoms with van der Waals surface area (Å²) in [7, 11) is 0. The molecule has 1 amide bonds. The van der Waals surface area contributed by atoms with Crippen LogP contribution in [0.25, 0.3) is 10.4 Å². The molecule has 0 heterocycles. The molecule has 0 saturated heterocycles. The molecule has 1 aliphatic rings. The predicted octanol–water partition coefficient (Wildman–Crippen LogP) is 2.91. The van der Waals surface area contributed by atoms with E-state index >= 15 is 0 Å². The van der Waals surface area contributed by atoms with Crippen molar-refractivity contribution < 1.29 is 4.79 Å². The molecule has 1 aliphatic carbocycles. The number of carbonyl (C=O) groups is 1. The van der Waals surface area contributed by atoms with Crippen molar-refractivity contribution in [3.05, 3.63) is 40.3 Å². The summed E-state index contributed by atoms with van der Waals surface area (Å²) in [4.78, 5) is 14.4. The minimum Gasteiger partial charge on any atom is -0.347 e. The zero-order chi connectivity index (χ0) is 11.6. The largest absolute Gasteiger partial charge is 0.347 e. The molecule has 1 aromatic carbocycles. The second-order valence-electron chi connectivity index (χ2n) is 4.25. The molecule has 0 unspecified atom stereocenters. The minimum atomic E-state index is -0.0764. The van der Waals surface area contributed by atoms with Crippen molar-refractivity contribution >= 4 is 11.6 Å². The van der Waals surface area contributed by atoms with Crippen molar-refractivity contribution in [1.82, 2.24) is 5.32 Å². The highest BCUT2D eigenvalue weighted by atomic mass is 16.1. The summed E-state index contributed by atoms with van der Waals surface area (Å²) in [5, 5.41) is 6.40. The third-order valence-corrected chi connectivity index (χ3v) is 2.70. The highest BCUT2D eigenvalue weighted by molar-refractivity contribution is 5.95. The molecule has 2 rings (SSSR count). The fourth-order valence-corrected chi connectivity index (χ4v) is 1.39. The van der Waals surface area contributed by atoms with Gasteiger partial charge < -0.3 is 5.32 Å². The van der Waals surface area contributed by atoms with Crippen LogP contribution in [0, 0.1) is 0 Å². The molecule has 0 aromatic heterocycles. The Labute approximate surface area is 93.1 Å². The lowest BCUT2D eigenvalue weighted by atomic mass is 10.2. The first-order chi connectivity index (χ1) is 7.63. The van der Waals surface area contributed by atoms with E-state index in [1.807, 2.05) is 6.92 Å². The highest BCUT2D eigenvalue weighted by Gasteiger charge is 2.38. The average Bonchev–Trinajstić information content (AvgIpc) is 2.97. The van der Waals surface area contributed by atoms with Crippen LogP contribution >= 0.6 is 0 Å². The van der Waals surface area contributed by atoms with Gasteiger partial charge in [0, 0.05) is 21.7 Å². The van der Waals surface area contributed by atoms with E-state index in [0.717, 1.165) is 12.8 Å². The molecule has 0 radical (unpaired) electrons. The summed E-state index contributed by atoms with van der Waals surface area (Å²) in [6.45, 7) is 2.03. The smallest absolute Gasteiger partial charge is 0.251 e. The molecule has 82 valence electrons. The monoisotopic (exact) mass is 216 g/mol. The highest BCUT2D eigenvalue weighted by Crippen LogP contribution is 2.34. The fourth-order valence-electron chi connectivity index (χ4n) is 1.39. The Morgan fingerprint density at radius 1 is 1.44 bits per heavy atom. The topological polar surface area (TPSA) is 77.9 Å². The lowest BCUT2D eigenvalue weighted by molar-refractivity contribution is 0.0935. The van der Waals surface area contributed by atoms with Crippen molar-refractivity contribution in [2.24, 2.45) is 5.11 Å². The summed E-state index contributed by atoms with van der Waals surface area (Å²) in [6, 6.07) is 6.57. The number of amides is 1. The maximum absolute atomic E-state index is 11.8. The normalized spacial score (nSPS) is 16.1. The maximum Gasteiger partial charge on any atom is 0.251 e. The van der Waals surface area contributed by atoms with Crippen LogP contribution < -0.4 is 5.32 Å². The molecular formula is C11H12N4O. The van der Waals surface area contributed by atoms with E-state index < -0.39 is 0 Å². The first-order valence-electron chi connectivity index (χ1n) is 5.11. The van der Waals surface area contributed by atoms with Gasteiger partial charge in [-0.25, -0.2) is 0 Å². The van der Waals surface area contributed by atoms with Crippen LogP contribution in [0.2, 0.25) is 0 Å². The van der Waals surface area contributed by atoms with Crippen LogP contribution in [-0.4, -0.2) is 11.4 Å². The molecule has 5 heteroatoms. The Morgan fingerprint density at radius 2 is 2.06 bits per heavy atom. The van der Waals surface area contributed by atoms with Crippen LogP contribution in [0.3, 0.4) is 0 Å². The van der Waals surface area contributed by atoms with Gasteiger partial charge in [-0.3, -0.25) is 4.79 Å². The maximum atomic E-state index is 11.8. The zero-order valence-corrected chi connectivity index (χ0v) is 8.97. The number of azide groups is 1. The van der Waals surface area contributed by atoms with Crippen LogP contribution in [0.15, 0.2) is 29.4 Å². The molecular weight excluding hydrogens is 204 g/mol. The van der Waals surface area contributed by atoms with Crippen LogP contribution in [-0.2, 0) is 0 Å². The SMILES string of the molecule is CC1(NC(=O)c2ccc(N=[N+]=[N-])cc2)CC1. The van der Waals surface area contributed by atoms with E-state index in [9.17, 15) is 4.79 Å². The Hall–Kier alpha value is -2.00. The van der Waals surface area contributed by atoms with Gasteiger partial charge in [0.05, 0.1) is 0 Å². The third-order valence-electron chi connectivity index (χ3n) is 2.70. The Bertz CT molecular complexity index is 455. The van der Waals surface area contributed by atoms with Crippen LogP contribution in [0.5, 0.6) is 0 Å². The van der Waals surface area contributed by atoms with Gasteiger partial charge in [-0.05, 0) is 37.4 Å². The van der Waals surface area contributed by atoms with Gasteiger partial charge in [-0.15, -0.1) is 0 Å². The van der Waals surface area contributed by atoms with Gasteiger partial charge in [0.2, 0.25) is 0 Å². The number of benzene rings is 1. The van der Waals surface area contributed by atoms with E-state index in [2.05, 4.69) is 15.3 Å². The van der Waals surface area contributed by atoms with Crippen molar-refractivity contribution in [3.8, 4) is 0 Å². The molecule has 1 fully saturated rings. The second-order valence-corrected chi connectivity index (χ2v) is 4.25. The molecule has 0 bridgehead atoms. The van der Waals surface area contributed by atoms with Gasteiger partial charge in [0.15, 0.2) is 0 Å². The summed E-state index contributed by atoms with van der Waals surface area (Å²) in [6.07, 6.45) is 2.07. The van der Waals surface area contributed by atoms with E-state index in [1.165, 1.54) is 0 Å². The van der Waals surface area contributed by atoms with E-state index in [1.54, 1.807) is 24.3 Å².